The summed E-state index contributed by atoms with van der Waals surface area (Å²) < 4.78 is 1.81. The lowest BCUT2D eigenvalue weighted by Crippen LogP contribution is -2.18. The molecule has 0 fully saturated rings. The van der Waals surface area contributed by atoms with Gasteiger partial charge in [-0.3, -0.25) is 9.48 Å². The van der Waals surface area contributed by atoms with Gasteiger partial charge in [0.05, 0.1) is 6.20 Å². The van der Waals surface area contributed by atoms with Crippen LogP contribution < -0.4 is 10.6 Å². The molecule has 0 bridgehead atoms. The van der Waals surface area contributed by atoms with Crippen LogP contribution in [0.1, 0.15) is 21.5 Å². The van der Waals surface area contributed by atoms with E-state index in [-0.39, 0.29) is 5.91 Å². The lowest BCUT2D eigenvalue weighted by atomic mass is 10.1. The van der Waals surface area contributed by atoms with Crippen LogP contribution in [0.25, 0.3) is 0 Å². The van der Waals surface area contributed by atoms with Crippen molar-refractivity contribution in [2.45, 2.75) is 13.0 Å². The van der Waals surface area contributed by atoms with Crippen LogP contribution in [-0.2, 0) is 20.0 Å². The van der Waals surface area contributed by atoms with Crippen molar-refractivity contribution in [3.63, 3.8) is 0 Å². The van der Waals surface area contributed by atoms with Gasteiger partial charge in [0.25, 0.3) is 5.91 Å². The van der Waals surface area contributed by atoms with Crippen LogP contribution in [0, 0.1) is 0 Å². The molecule has 0 unspecified atom stereocenters. The van der Waals surface area contributed by atoms with Crippen molar-refractivity contribution in [3.8, 4) is 0 Å². The summed E-state index contributed by atoms with van der Waals surface area (Å²) in [5, 5.41) is 10.1. The third kappa shape index (κ3) is 3.93. The number of hydrogen-bond acceptors (Lipinski definition) is 3. The molecule has 0 spiro atoms. The maximum absolute atomic E-state index is 11.4. The molecule has 0 saturated heterocycles. The van der Waals surface area contributed by atoms with E-state index in [1.807, 2.05) is 48.4 Å². The van der Waals surface area contributed by atoms with Crippen LogP contribution >= 0.6 is 0 Å². The molecule has 0 aliphatic rings. The number of rotatable bonds is 6. The zero-order valence-corrected chi connectivity index (χ0v) is 11.9. The fourth-order valence-corrected chi connectivity index (χ4v) is 1.98. The Morgan fingerprint density at radius 1 is 1.25 bits per heavy atom. The fourth-order valence-electron chi connectivity index (χ4n) is 1.98. The Hall–Kier alpha value is -2.14. The Morgan fingerprint density at radius 3 is 2.60 bits per heavy atom. The number of carbonyl (C=O) groups is 1. The first-order valence-corrected chi connectivity index (χ1v) is 6.68. The van der Waals surface area contributed by atoms with Crippen LogP contribution in [0.5, 0.6) is 0 Å². The number of carbonyl (C=O) groups excluding carboxylic acids is 1. The minimum atomic E-state index is -0.0545. The molecule has 1 amide bonds. The van der Waals surface area contributed by atoms with Gasteiger partial charge in [0, 0.05) is 32.4 Å². The highest BCUT2D eigenvalue weighted by molar-refractivity contribution is 5.93. The first kappa shape index (κ1) is 14.3. The predicted molar refractivity (Wildman–Crippen MR) is 78.5 cm³/mol. The smallest absolute Gasteiger partial charge is 0.251 e. The Morgan fingerprint density at radius 2 is 2.00 bits per heavy atom. The van der Waals surface area contributed by atoms with Crippen molar-refractivity contribution in [2.24, 2.45) is 7.05 Å². The second-order valence-corrected chi connectivity index (χ2v) is 4.73. The third-order valence-corrected chi connectivity index (χ3v) is 3.12. The van der Waals surface area contributed by atoms with Gasteiger partial charge in [-0.25, -0.2) is 0 Å². The van der Waals surface area contributed by atoms with Gasteiger partial charge in [0.2, 0.25) is 0 Å². The van der Waals surface area contributed by atoms with E-state index in [9.17, 15) is 4.79 Å². The molecule has 5 nitrogen and oxygen atoms in total. The molecule has 2 N–H and O–H groups in total. The first-order chi connectivity index (χ1) is 9.69. The van der Waals surface area contributed by atoms with E-state index in [4.69, 9.17) is 0 Å². The number of benzene rings is 1. The van der Waals surface area contributed by atoms with Crippen LogP contribution in [0.2, 0.25) is 0 Å². The summed E-state index contributed by atoms with van der Waals surface area (Å²) >= 11 is 0. The van der Waals surface area contributed by atoms with Crippen LogP contribution in [-0.4, -0.2) is 29.3 Å². The summed E-state index contributed by atoms with van der Waals surface area (Å²) in [6.07, 6.45) is 4.88. The fraction of sp³-hybridized carbons (Fsp3) is 0.333. The molecule has 0 atom stereocenters. The van der Waals surface area contributed by atoms with Gasteiger partial charge >= 0.3 is 0 Å². The summed E-state index contributed by atoms with van der Waals surface area (Å²) in [7, 11) is 3.56. The van der Waals surface area contributed by atoms with Crippen molar-refractivity contribution in [2.75, 3.05) is 13.6 Å². The van der Waals surface area contributed by atoms with Crippen LogP contribution in [0.15, 0.2) is 36.7 Å². The molecule has 0 aliphatic heterocycles. The summed E-state index contributed by atoms with van der Waals surface area (Å²) in [4.78, 5) is 11.4. The zero-order chi connectivity index (χ0) is 14.4. The summed E-state index contributed by atoms with van der Waals surface area (Å²) in [6.45, 7) is 1.71. The normalized spacial score (nSPS) is 10.5. The van der Waals surface area contributed by atoms with Crippen molar-refractivity contribution < 1.29 is 4.79 Å². The molecule has 0 radical (unpaired) electrons. The standard InChI is InChI=1S/C15H20N4O/c1-16-15(20)14-5-3-12(4-6-14)9-17-8-7-13-10-18-19(2)11-13/h3-6,10-11,17H,7-9H2,1-2H3,(H,16,20). The minimum Gasteiger partial charge on any atom is -0.355 e. The molecular formula is C15H20N4O. The second kappa shape index (κ2) is 6.86. The van der Waals surface area contributed by atoms with E-state index in [0.29, 0.717) is 5.56 Å². The molecule has 5 heteroatoms. The molecule has 1 aromatic heterocycles. The second-order valence-electron chi connectivity index (χ2n) is 4.73. The van der Waals surface area contributed by atoms with E-state index >= 15 is 0 Å². The highest BCUT2D eigenvalue weighted by Crippen LogP contribution is 2.04. The molecule has 20 heavy (non-hydrogen) atoms. The Kier molecular flexibility index (Phi) is 4.90. The molecule has 2 rings (SSSR count). The molecule has 2 aromatic rings. The largest absolute Gasteiger partial charge is 0.355 e. The van der Waals surface area contributed by atoms with Gasteiger partial charge in [-0.05, 0) is 36.2 Å². The summed E-state index contributed by atoms with van der Waals surface area (Å²) in [5.41, 5.74) is 3.09. The predicted octanol–water partition coefficient (Wildman–Crippen LogP) is 1.11. The van der Waals surface area contributed by atoms with E-state index < -0.39 is 0 Å². The highest BCUT2D eigenvalue weighted by atomic mass is 16.1. The van der Waals surface area contributed by atoms with Crippen molar-refractivity contribution in [1.82, 2.24) is 20.4 Å². The van der Waals surface area contributed by atoms with E-state index in [0.717, 1.165) is 19.5 Å². The molecule has 0 saturated carbocycles. The monoisotopic (exact) mass is 272 g/mol. The maximum atomic E-state index is 11.4. The van der Waals surface area contributed by atoms with Gasteiger partial charge in [0.1, 0.15) is 0 Å². The number of nitrogens with one attached hydrogen (secondary N) is 2. The van der Waals surface area contributed by atoms with Crippen molar-refractivity contribution in [3.05, 3.63) is 53.3 Å². The Bertz CT molecular complexity index is 560. The summed E-state index contributed by atoms with van der Waals surface area (Å²) in [5.74, 6) is -0.0545. The number of amides is 1. The molecule has 106 valence electrons. The average molecular weight is 272 g/mol. The van der Waals surface area contributed by atoms with Gasteiger partial charge < -0.3 is 10.6 Å². The van der Waals surface area contributed by atoms with Gasteiger partial charge in [-0.2, -0.15) is 5.10 Å². The third-order valence-electron chi connectivity index (χ3n) is 3.12. The van der Waals surface area contributed by atoms with E-state index in [1.54, 1.807) is 7.05 Å². The summed E-state index contributed by atoms with van der Waals surface area (Å²) in [6, 6.07) is 7.64. The van der Waals surface area contributed by atoms with Gasteiger partial charge in [-0.15, -0.1) is 0 Å². The Labute approximate surface area is 119 Å². The van der Waals surface area contributed by atoms with Gasteiger partial charge in [0.15, 0.2) is 0 Å². The maximum Gasteiger partial charge on any atom is 0.251 e. The molecule has 1 heterocycles. The quantitative estimate of drug-likeness (QED) is 0.775. The van der Waals surface area contributed by atoms with Crippen LogP contribution in [0.4, 0.5) is 0 Å². The van der Waals surface area contributed by atoms with Crippen molar-refractivity contribution in [1.29, 1.82) is 0 Å². The minimum absolute atomic E-state index is 0.0545. The highest BCUT2D eigenvalue weighted by Gasteiger charge is 2.02. The van der Waals surface area contributed by atoms with Crippen LogP contribution in [0.3, 0.4) is 0 Å². The lowest BCUT2D eigenvalue weighted by molar-refractivity contribution is 0.0963. The topological polar surface area (TPSA) is 59.0 Å². The number of aromatic nitrogens is 2. The molecule has 1 aromatic carbocycles. The SMILES string of the molecule is CNC(=O)c1ccc(CNCCc2cnn(C)c2)cc1. The Balaban J connectivity index is 1.75. The first-order valence-electron chi connectivity index (χ1n) is 6.68. The molecule has 0 aliphatic carbocycles. The lowest BCUT2D eigenvalue weighted by Gasteiger charge is -2.05. The average Bonchev–Trinajstić information content (AvgIpc) is 2.89. The number of nitrogens with zero attached hydrogens (tertiary/aromatic N) is 2. The number of hydrogen-bond donors (Lipinski definition) is 2. The molecular weight excluding hydrogens is 252 g/mol. The van der Waals surface area contributed by atoms with Crippen molar-refractivity contribution >= 4 is 5.91 Å². The van der Waals surface area contributed by atoms with E-state index in [1.165, 1.54) is 11.1 Å². The zero-order valence-electron chi connectivity index (χ0n) is 11.9. The van der Waals surface area contributed by atoms with Gasteiger partial charge in [-0.1, -0.05) is 12.1 Å². The number of aryl methyl sites for hydroxylation is 1. The van der Waals surface area contributed by atoms with E-state index in [2.05, 4.69) is 15.7 Å².